The molecule has 0 atom stereocenters. The number of aryl methyl sites for hydroxylation is 2. The number of nitrogens with zero attached hydrogens (tertiary/aromatic N) is 1. The molecule has 0 aliphatic heterocycles. The Labute approximate surface area is 88.4 Å². The molecule has 1 N–H and O–H groups in total. The maximum atomic E-state index is 11.5. The highest BCUT2D eigenvalue weighted by Gasteiger charge is 2.04. The highest BCUT2D eigenvalue weighted by molar-refractivity contribution is 5.39. The van der Waals surface area contributed by atoms with Gasteiger partial charge in [-0.3, -0.25) is 4.79 Å². The SMILES string of the molecule is CCc1cc(-n2cccc2)c(C)[nH]c1=O. The molecule has 0 saturated heterocycles. The van der Waals surface area contributed by atoms with Crippen LogP contribution in [0.3, 0.4) is 0 Å². The van der Waals surface area contributed by atoms with Crippen molar-refractivity contribution in [1.82, 2.24) is 9.55 Å². The fourth-order valence-electron chi connectivity index (χ4n) is 1.68. The molecule has 0 unspecified atom stereocenters. The zero-order valence-corrected chi connectivity index (χ0v) is 8.95. The van der Waals surface area contributed by atoms with Gasteiger partial charge in [-0.25, -0.2) is 0 Å². The molecule has 2 aromatic heterocycles. The minimum Gasteiger partial charge on any atom is -0.324 e. The third-order valence-corrected chi connectivity index (χ3v) is 2.55. The van der Waals surface area contributed by atoms with Gasteiger partial charge in [0.2, 0.25) is 0 Å². The van der Waals surface area contributed by atoms with Crippen molar-refractivity contribution >= 4 is 0 Å². The first kappa shape index (κ1) is 9.77. The van der Waals surface area contributed by atoms with E-state index in [1.807, 2.05) is 49.0 Å². The summed E-state index contributed by atoms with van der Waals surface area (Å²) < 4.78 is 2.00. The summed E-state index contributed by atoms with van der Waals surface area (Å²) in [5, 5.41) is 0. The van der Waals surface area contributed by atoms with E-state index in [2.05, 4.69) is 4.98 Å². The zero-order chi connectivity index (χ0) is 10.8. The molecule has 2 heterocycles. The summed E-state index contributed by atoms with van der Waals surface area (Å²) in [6, 6.07) is 5.89. The Morgan fingerprint density at radius 3 is 2.60 bits per heavy atom. The number of pyridine rings is 1. The molecule has 0 aliphatic carbocycles. The lowest BCUT2D eigenvalue weighted by atomic mass is 10.2. The zero-order valence-electron chi connectivity index (χ0n) is 8.95. The lowest BCUT2D eigenvalue weighted by Crippen LogP contribution is -2.15. The molecule has 0 amide bonds. The van der Waals surface area contributed by atoms with Crippen LogP contribution < -0.4 is 5.56 Å². The first-order chi connectivity index (χ1) is 7.22. The highest BCUT2D eigenvalue weighted by Crippen LogP contribution is 2.11. The van der Waals surface area contributed by atoms with Crippen LogP contribution in [0.4, 0.5) is 0 Å². The summed E-state index contributed by atoms with van der Waals surface area (Å²) in [5.41, 5.74) is 2.78. The fraction of sp³-hybridized carbons (Fsp3) is 0.250. The Balaban J connectivity index is 2.62. The van der Waals surface area contributed by atoms with Crippen molar-refractivity contribution in [2.75, 3.05) is 0 Å². The number of aromatic amines is 1. The van der Waals surface area contributed by atoms with Gasteiger partial charge in [0, 0.05) is 23.7 Å². The third kappa shape index (κ3) is 1.73. The normalized spacial score (nSPS) is 10.5. The van der Waals surface area contributed by atoms with E-state index in [1.54, 1.807) is 0 Å². The second-order valence-corrected chi connectivity index (χ2v) is 3.58. The van der Waals surface area contributed by atoms with Crippen molar-refractivity contribution in [3.63, 3.8) is 0 Å². The number of H-pyrrole nitrogens is 1. The first-order valence-corrected chi connectivity index (χ1v) is 5.08. The second kappa shape index (κ2) is 3.77. The Kier molecular flexibility index (Phi) is 2.46. The van der Waals surface area contributed by atoms with E-state index in [0.29, 0.717) is 0 Å². The van der Waals surface area contributed by atoms with Gasteiger partial charge in [0.05, 0.1) is 5.69 Å². The van der Waals surface area contributed by atoms with Crippen LogP contribution in [0.2, 0.25) is 0 Å². The molecule has 0 fully saturated rings. The van der Waals surface area contributed by atoms with E-state index in [4.69, 9.17) is 0 Å². The van der Waals surface area contributed by atoms with Gasteiger partial charge in [-0.15, -0.1) is 0 Å². The van der Waals surface area contributed by atoms with Crippen LogP contribution in [0, 0.1) is 6.92 Å². The highest BCUT2D eigenvalue weighted by atomic mass is 16.1. The lowest BCUT2D eigenvalue weighted by Gasteiger charge is -2.08. The quantitative estimate of drug-likeness (QED) is 0.795. The number of hydrogen-bond donors (Lipinski definition) is 1. The largest absolute Gasteiger partial charge is 0.324 e. The number of aromatic nitrogens is 2. The fourth-order valence-corrected chi connectivity index (χ4v) is 1.68. The molecule has 0 radical (unpaired) electrons. The van der Waals surface area contributed by atoms with Crippen LogP contribution in [0.5, 0.6) is 0 Å². The van der Waals surface area contributed by atoms with E-state index in [0.717, 1.165) is 23.4 Å². The van der Waals surface area contributed by atoms with Crippen molar-refractivity contribution < 1.29 is 0 Å². The predicted molar refractivity (Wildman–Crippen MR) is 60.5 cm³/mol. The van der Waals surface area contributed by atoms with Gasteiger partial charge < -0.3 is 9.55 Å². The van der Waals surface area contributed by atoms with Crippen molar-refractivity contribution in [3.8, 4) is 5.69 Å². The van der Waals surface area contributed by atoms with Gasteiger partial charge >= 0.3 is 0 Å². The molecule has 0 saturated carbocycles. The predicted octanol–water partition coefficient (Wildman–Crippen LogP) is 2.04. The molecule has 0 aromatic carbocycles. The maximum Gasteiger partial charge on any atom is 0.251 e. The van der Waals surface area contributed by atoms with Gasteiger partial charge in [0.15, 0.2) is 0 Å². The molecule has 3 heteroatoms. The average molecular weight is 202 g/mol. The molecule has 0 aliphatic rings. The summed E-state index contributed by atoms with van der Waals surface area (Å²) in [6.07, 6.45) is 4.70. The third-order valence-electron chi connectivity index (χ3n) is 2.55. The van der Waals surface area contributed by atoms with Crippen molar-refractivity contribution in [1.29, 1.82) is 0 Å². The maximum absolute atomic E-state index is 11.5. The van der Waals surface area contributed by atoms with Gasteiger partial charge in [0.25, 0.3) is 5.56 Å². The van der Waals surface area contributed by atoms with Crippen LogP contribution >= 0.6 is 0 Å². The summed E-state index contributed by atoms with van der Waals surface area (Å²) in [7, 11) is 0. The number of nitrogens with one attached hydrogen (secondary N) is 1. The Morgan fingerprint density at radius 1 is 1.33 bits per heavy atom. The lowest BCUT2D eigenvalue weighted by molar-refractivity contribution is 0.967. The molecule has 2 aromatic rings. The summed E-state index contributed by atoms with van der Waals surface area (Å²) in [4.78, 5) is 14.4. The summed E-state index contributed by atoms with van der Waals surface area (Å²) in [5.74, 6) is 0. The van der Waals surface area contributed by atoms with E-state index in [1.165, 1.54) is 0 Å². The monoisotopic (exact) mass is 202 g/mol. The second-order valence-electron chi connectivity index (χ2n) is 3.58. The van der Waals surface area contributed by atoms with Gasteiger partial charge in [-0.1, -0.05) is 6.92 Å². The Hall–Kier alpha value is -1.77. The minimum absolute atomic E-state index is 0.0194. The summed E-state index contributed by atoms with van der Waals surface area (Å²) >= 11 is 0. The smallest absolute Gasteiger partial charge is 0.251 e. The van der Waals surface area contributed by atoms with E-state index in [-0.39, 0.29) is 5.56 Å². The van der Waals surface area contributed by atoms with E-state index >= 15 is 0 Å². The van der Waals surface area contributed by atoms with Crippen molar-refractivity contribution in [3.05, 3.63) is 52.2 Å². The van der Waals surface area contributed by atoms with Gasteiger partial charge in [0.1, 0.15) is 0 Å². The van der Waals surface area contributed by atoms with E-state index < -0.39 is 0 Å². The number of hydrogen-bond acceptors (Lipinski definition) is 1. The van der Waals surface area contributed by atoms with Crippen LogP contribution in [0.15, 0.2) is 35.4 Å². The molecular formula is C12H14N2O. The first-order valence-electron chi connectivity index (χ1n) is 5.08. The Morgan fingerprint density at radius 2 is 2.00 bits per heavy atom. The molecule has 0 spiro atoms. The Bertz CT molecular complexity index is 509. The van der Waals surface area contributed by atoms with Crippen LogP contribution in [0.1, 0.15) is 18.2 Å². The molecule has 3 nitrogen and oxygen atoms in total. The molecule has 0 bridgehead atoms. The van der Waals surface area contributed by atoms with Gasteiger partial charge in [-0.05, 0) is 31.5 Å². The van der Waals surface area contributed by atoms with Crippen molar-refractivity contribution in [2.45, 2.75) is 20.3 Å². The summed E-state index contributed by atoms with van der Waals surface area (Å²) in [6.45, 7) is 3.90. The molecule has 78 valence electrons. The standard InChI is InChI=1S/C12H14N2O/c1-3-10-8-11(9(2)13-12(10)15)14-6-4-5-7-14/h4-8H,3H2,1-2H3,(H,13,15). The molecular weight excluding hydrogens is 188 g/mol. The van der Waals surface area contributed by atoms with E-state index in [9.17, 15) is 4.79 Å². The van der Waals surface area contributed by atoms with Crippen LogP contribution in [0.25, 0.3) is 5.69 Å². The van der Waals surface area contributed by atoms with Crippen LogP contribution in [-0.2, 0) is 6.42 Å². The topological polar surface area (TPSA) is 37.8 Å². The average Bonchev–Trinajstić information content (AvgIpc) is 2.71. The minimum atomic E-state index is 0.0194. The molecule has 2 rings (SSSR count). The van der Waals surface area contributed by atoms with Crippen LogP contribution in [-0.4, -0.2) is 9.55 Å². The van der Waals surface area contributed by atoms with Gasteiger partial charge in [-0.2, -0.15) is 0 Å². The molecule has 15 heavy (non-hydrogen) atoms. The van der Waals surface area contributed by atoms with Crippen molar-refractivity contribution in [2.24, 2.45) is 0 Å². The number of rotatable bonds is 2.